The summed E-state index contributed by atoms with van der Waals surface area (Å²) in [5, 5.41) is 0. The summed E-state index contributed by atoms with van der Waals surface area (Å²) in [6.07, 6.45) is 0. The second kappa shape index (κ2) is 5.50. The van der Waals surface area contributed by atoms with Gasteiger partial charge in [-0.2, -0.15) is 0 Å². The molecule has 0 saturated carbocycles. The number of benzene rings is 2. The van der Waals surface area contributed by atoms with E-state index in [2.05, 4.69) is 0 Å². The van der Waals surface area contributed by atoms with Crippen molar-refractivity contribution in [3.05, 3.63) is 54.1 Å². The van der Waals surface area contributed by atoms with E-state index >= 15 is 0 Å². The van der Waals surface area contributed by atoms with Gasteiger partial charge in [0.25, 0.3) is 17.7 Å². The Labute approximate surface area is 123 Å². The molecule has 0 atom stereocenters. The molecule has 2 rings (SSSR count). The van der Waals surface area contributed by atoms with Crippen molar-refractivity contribution in [2.75, 3.05) is 7.11 Å². The number of ether oxygens (including phenoxy) is 1. The molecule has 0 aliphatic heterocycles. The van der Waals surface area contributed by atoms with Crippen LogP contribution in [0.4, 0.5) is 0 Å². The molecule has 7 heteroatoms. The van der Waals surface area contributed by atoms with E-state index in [1.165, 1.54) is 43.5 Å². The fraction of sp³-hybridized carbons (Fsp3) is 0.143. The van der Waals surface area contributed by atoms with Crippen molar-refractivity contribution in [2.45, 2.75) is 16.7 Å². The molecule has 0 aromatic heterocycles. The largest absolute Gasteiger partial charge is 0.497 e. The third kappa shape index (κ3) is 2.79. The van der Waals surface area contributed by atoms with Crippen LogP contribution in [0.1, 0.15) is 5.56 Å². The minimum Gasteiger partial charge on any atom is -0.497 e. The summed E-state index contributed by atoms with van der Waals surface area (Å²) in [5.74, 6) is 0.446. The highest BCUT2D eigenvalue weighted by molar-refractivity contribution is 8.67. The third-order valence-corrected chi connectivity index (χ3v) is 8.11. The predicted octanol–water partition coefficient (Wildman–Crippen LogP) is 2.17. The molecule has 0 spiro atoms. The predicted molar refractivity (Wildman–Crippen MR) is 78.5 cm³/mol. The molecule has 0 amide bonds. The lowest BCUT2D eigenvalue weighted by Crippen LogP contribution is -2.16. The van der Waals surface area contributed by atoms with Crippen molar-refractivity contribution in [2.24, 2.45) is 0 Å². The quantitative estimate of drug-likeness (QED) is 0.805. The Morgan fingerprint density at radius 2 is 1.10 bits per heavy atom. The molecule has 0 bridgehead atoms. The number of hydrogen-bond acceptors (Lipinski definition) is 5. The first-order valence-corrected chi connectivity index (χ1v) is 9.48. The van der Waals surface area contributed by atoms with Gasteiger partial charge >= 0.3 is 0 Å². The van der Waals surface area contributed by atoms with Gasteiger partial charge in [-0.05, 0) is 43.3 Å². The lowest BCUT2D eigenvalue weighted by molar-refractivity contribution is 0.414. The maximum absolute atomic E-state index is 12.3. The lowest BCUT2D eigenvalue weighted by atomic mass is 10.2. The molecule has 0 fully saturated rings. The Hall–Kier alpha value is -1.86. The molecule has 0 aliphatic carbocycles. The molecular formula is C14H14O5S2. The molecule has 0 heterocycles. The topological polar surface area (TPSA) is 77.5 Å². The van der Waals surface area contributed by atoms with Crippen LogP contribution in [0.25, 0.3) is 0 Å². The fourth-order valence-corrected chi connectivity index (χ4v) is 5.33. The van der Waals surface area contributed by atoms with E-state index in [1.807, 2.05) is 0 Å². The molecule has 0 saturated heterocycles. The fourth-order valence-electron chi connectivity index (χ4n) is 1.70. The number of hydrogen-bond donors (Lipinski definition) is 0. The number of aryl methyl sites for hydroxylation is 1. The van der Waals surface area contributed by atoms with Gasteiger partial charge in [-0.15, -0.1) is 0 Å². The summed E-state index contributed by atoms with van der Waals surface area (Å²) < 4.78 is 54.1. The van der Waals surface area contributed by atoms with Crippen LogP contribution in [-0.2, 0) is 17.7 Å². The van der Waals surface area contributed by atoms with Crippen molar-refractivity contribution in [3.8, 4) is 5.75 Å². The summed E-state index contributed by atoms with van der Waals surface area (Å²) in [4.78, 5) is -0.534. The Morgan fingerprint density at radius 1 is 0.714 bits per heavy atom. The van der Waals surface area contributed by atoms with Crippen LogP contribution in [0, 0.1) is 6.92 Å². The van der Waals surface area contributed by atoms with Crippen LogP contribution in [0.15, 0.2) is 58.3 Å². The van der Waals surface area contributed by atoms with Gasteiger partial charge in [-0.1, -0.05) is 17.7 Å². The zero-order valence-electron chi connectivity index (χ0n) is 11.5. The highest BCUT2D eigenvalue weighted by atomic mass is 33.2. The standard InChI is InChI=1S/C14H14O5S2/c1-11-3-7-13(8-4-11)20(15,16)21(17,18)14-9-5-12(19-2)6-10-14/h3-10H,1-2H3. The number of methoxy groups -OCH3 is 1. The van der Waals surface area contributed by atoms with E-state index < -0.39 is 17.7 Å². The first kappa shape index (κ1) is 15.5. The monoisotopic (exact) mass is 326 g/mol. The average molecular weight is 326 g/mol. The molecular weight excluding hydrogens is 312 g/mol. The van der Waals surface area contributed by atoms with E-state index in [1.54, 1.807) is 19.1 Å². The van der Waals surface area contributed by atoms with Crippen molar-refractivity contribution in [3.63, 3.8) is 0 Å². The van der Waals surface area contributed by atoms with Crippen LogP contribution in [0.2, 0.25) is 0 Å². The van der Waals surface area contributed by atoms with E-state index in [9.17, 15) is 16.8 Å². The Morgan fingerprint density at radius 3 is 1.48 bits per heavy atom. The molecule has 5 nitrogen and oxygen atoms in total. The van der Waals surface area contributed by atoms with Gasteiger partial charge in [0, 0.05) is 0 Å². The first-order valence-electron chi connectivity index (χ1n) is 6.00. The van der Waals surface area contributed by atoms with Gasteiger partial charge in [0.05, 0.1) is 16.9 Å². The summed E-state index contributed by atoms with van der Waals surface area (Å²) in [6, 6.07) is 10.9. The van der Waals surface area contributed by atoms with Crippen LogP contribution in [-0.4, -0.2) is 23.9 Å². The van der Waals surface area contributed by atoms with E-state index in [-0.39, 0.29) is 9.79 Å². The lowest BCUT2D eigenvalue weighted by Gasteiger charge is -2.07. The van der Waals surface area contributed by atoms with Gasteiger partial charge in [0.1, 0.15) is 5.75 Å². The average Bonchev–Trinajstić information content (AvgIpc) is 2.47. The van der Waals surface area contributed by atoms with Crippen LogP contribution < -0.4 is 4.74 Å². The Balaban J connectivity index is 2.53. The van der Waals surface area contributed by atoms with E-state index in [0.29, 0.717) is 5.75 Å². The normalized spacial score (nSPS) is 12.1. The highest BCUT2D eigenvalue weighted by Crippen LogP contribution is 2.26. The maximum Gasteiger partial charge on any atom is 0.286 e. The van der Waals surface area contributed by atoms with E-state index in [0.717, 1.165) is 5.56 Å². The molecule has 2 aromatic carbocycles. The first-order chi connectivity index (χ1) is 9.79. The van der Waals surface area contributed by atoms with Crippen LogP contribution in [0.5, 0.6) is 5.75 Å². The highest BCUT2D eigenvalue weighted by Gasteiger charge is 2.33. The van der Waals surface area contributed by atoms with Gasteiger partial charge in [0.2, 0.25) is 0 Å². The number of rotatable bonds is 4. The molecule has 0 unspecified atom stereocenters. The van der Waals surface area contributed by atoms with E-state index in [4.69, 9.17) is 4.74 Å². The van der Waals surface area contributed by atoms with Crippen molar-refractivity contribution in [1.82, 2.24) is 0 Å². The zero-order valence-corrected chi connectivity index (χ0v) is 13.1. The molecule has 112 valence electrons. The Bertz CT molecular complexity index is 833. The molecule has 0 radical (unpaired) electrons. The minimum atomic E-state index is -4.51. The molecule has 21 heavy (non-hydrogen) atoms. The van der Waals surface area contributed by atoms with Gasteiger partial charge in [-0.25, -0.2) is 16.8 Å². The molecule has 0 aliphatic rings. The minimum absolute atomic E-state index is 0.246. The second-order valence-corrected chi connectivity index (χ2v) is 9.79. The summed E-state index contributed by atoms with van der Waals surface area (Å²) in [5.41, 5.74) is 0.843. The van der Waals surface area contributed by atoms with Crippen LogP contribution >= 0.6 is 0 Å². The summed E-state index contributed by atoms with van der Waals surface area (Å²) in [7, 11) is -7.57. The van der Waals surface area contributed by atoms with Crippen molar-refractivity contribution < 1.29 is 21.6 Å². The zero-order chi connectivity index (χ0) is 15.7. The Kier molecular flexibility index (Phi) is 4.06. The van der Waals surface area contributed by atoms with Gasteiger partial charge in [0.15, 0.2) is 0 Å². The van der Waals surface area contributed by atoms with Crippen molar-refractivity contribution in [1.29, 1.82) is 0 Å². The second-order valence-electron chi connectivity index (χ2n) is 4.40. The van der Waals surface area contributed by atoms with Gasteiger partial charge < -0.3 is 4.74 Å². The summed E-state index contributed by atoms with van der Waals surface area (Å²) in [6.45, 7) is 1.79. The van der Waals surface area contributed by atoms with Gasteiger partial charge in [-0.3, -0.25) is 0 Å². The smallest absolute Gasteiger partial charge is 0.286 e. The van der Waals surface area contributed by atoms with Crippen LogP contribution in [0.3, 0.4) is 0 Å². The molecule has 2 aromatic rings. The summed E-state index contributed by atoms with van der Waals surface area (Å²) >= 11 is 0. The van der Waals surface area contributed by atoms with Crippen molar-refractivity contribution >= 4 is 17.7 Å². The molecule has 0 N–H and O–H groups in total. The third-order valence-electron chi connectivity index (χ3n) is 2.95. The maximum atomic E-state index is 12.3. The SMILES string of the molecule is COc1ccc(S(=O)(=O)S(=O)(=O)c2ccc(C)cc2)cc1.